The molecule has 0 saturated carbocycles. The van der Waals surface area contributed by atoms with Crippen LogP contribution in [-0.2, 0) is 9.47 Å². The molecule has 0 radical (unpaired) electrons. The van der Waals surface area contributed by atoms with E-state index in [-0.39, 0.29) is 12.7 Å². The average molecular weight is 204 g/mol. The van der Waals surface area contributed by atoms with Crippen molar-refractivity contribution in [3.8, 4) is 0 Å². The summed E-state index contributed by atoms with van der Waals surface area (Å²) in [6.07, 6.45) is 4.65. The predicted molar refractivity (Wildman–Crippen MR) is 57.5 cm³/mol. The van der Waals surface area contributed by atoms with E-state index in [2.05, 4.69) is 6.92 Å². The first-order valence-electron chi connectivity index (χ1n) is 5.65. The lowest BCUT2D eigenvalue weighted by Gasteiger charge is -2.14. The van der Waals surface area contributed by atoms with Gasteiger partial charge in [0.1, 0.15) is 6.10 Å². The molecule has 0 bridgehead atoms. The van der Waals surface area contributed by atoms with Gasteiger partial charge in [-0.05, 0) is 13.3 Å². The second-order valence-electron chi connectivity index (χ2n) is 3.40. The van der Waals surface area contributed by atoms with Gasteiger partial charge in [0.2, 0.25) is 0 Å². The van der Waals surface area contributed by atoms with Crippen LogP contribution in [0.2, 0.25) is 0 Å². The maximum atomic E-state index is 8.95. The van der Waals surface area contributed by atoms with E-state index in [0.29, 0.717) is 13.2 Å². The van der Waals surface area contributed by atoms with Crippen LogP contribution < -0.4 is 0 Å². The maximum absolute atomic E-state index is 8.95. The number of aliphatic hydroxyl groups excluding tert-OH is 1. The number of ether oxygens (including phenoxy) is 2. The van der Waals surface area contributed by atoms with E-state index in [1.807, 2.05) is 6.92 Å². The maximum Gasteiger partial charge on any atom is 0.104 e. The van der Waals surface area contributed by atoms with Crippen molar-refractivity contribution in [1.29, 1.82) is 0 Å². The van der Waals surface area contributed by atoms with Crippen molar-refractivity contribution in [3.05, 3.63) is 0 Å². The van der Waals surface area contributed by atoms with Gasteiger partial charge in [-0.15, -0.1) is 0 Å². The summed E-state index contributed by atoms with van der Waals surface area (Å²) in [7, 11) is 0. The van der Waals surface area contributed by atoms with E-state index >= 15 is 0 Å². The molecule has 3 nitrogen and oxygen atoms in total. The quantitative estimate of drug-likeness (QED) is 0.553. The lowest BCUT2D eigenvalue weighted by Crippen LogP contribution is -2.24. The second-order valence-corrected chi connectivity index (χ2v) is 3.40. The molecule has 86 valence electrons. The van der Waals surface area contributed by atoms with Gasteiger partial charge in [-0.25, -0.2) is 0 Å². The molecule has 0 rings (SSSR count). The standard InChI is InChI=1S/C11H24O3/c1-3-5-6-7-8-14-11(9-12)10-13-4-2/h11-12H,3-10H2,1-2H3. The number of hydrogen-bond acceptors (Lipinski definition) is 3. The summed E-state index contributed by atoms with van der Waals surface area (Å²) in [5, 5.41) is 8.95. The molecule has 1 N–H and O–H groups in total. The normalized spacial score (nSPS) is 13.1. The first-order chi connectivity index (χ1) is 6.85. The molecule has 1 unspecified atom stereocenters. The first kappa shape index (κ1) is 13.9. The van der Waals surface area contributed by atoms with Crippen molar-refractivity contribution in [3.63, 3.8) is 0 Å². The molecular weight excluding hydrogens is 180 g/mol. The highest BCUT2D eigenvalue weighted by molar-refractivity contribution is 4.53. The van der Waals surface area contributed by atoms with E-state index in [9.17, 15) is 0 Å². The van der Waals surface area contributed by atoms with Gasteiger partial charge in [0.15, 0.2) is 0 Å². The molecule has 1 atom stereocenters. The van der Waals surface area contributed by atoms with Crippen molar-refractivity contribution >= 4 is 0 Å². The molecule has 0 aliphatic carbocycles. The minimum atomic E-state index is -0.142. The molecule has 0 spiro atoms. The zero-order chi connectivity index (χ0) is 10.6. The van der Waals surface area contributed by atoms with Gasteiger partial charge >= 0.3 is 0 Å². The number of rotatable bonds is 10. The molecule has 0 fully saturated rings. The van der Waals surface area contributed by atoms with Crippen molar-refractivity contribution in [2.24, 2.45) is 0 Å². The van der Waals surface area contributed by atoms with Gasteiger partial charge in [-0.1, -0.05) is 26.2 Å². The summed E-state index contributed by atoms with van der Waals surface area (Å²) < 4.78 is 10.6. The van der Waals surface area contributed by atoms with Crippen LogP contribution in [0.25, 0.3) is 0 Å². The molecule has 0 aromatic carbocycles. The Morgan fingerprint density at radius 2 is 1.93 bits per heavy atom. The Kier molecular flexibility index (Phi) is 10.9. The van der Waals surface area contributed by atoms with E-state index in [0.717, 1.165) is 13.0 Å². The molecular formula is C11H24O3. The summed E-state index contributed by atoms with van der Waals surface area (Å²) in [6, 6.07) is 0. The minimum absolute atomic E-state index is 0.0494. The third kappa shape index (κ3) is 8.48. The van der Waals surface area contributed by atoms with E-state index < -0.39 is 0 Å². The predicted octanol–water partition coefficient (Wildman–Crippen LogP) is 1.98. The average Bonchev–Trinajstić information content (AvgIpc) is 2.22. The summed E-state index contributed by atoms with van der Waals surface area (Å²) in [5.41, 5.74) is 0. The van der Waals surface area contributed by atoms with Crippen LogP contribution in [0.1, 0.15) is 39.5 Å². The van der Waals surface area contributed by atoms with Crippen molar-refractivity contribution in [1.82, 2.24) is 0 Å². The largest absolute Gasteiger partial charge is 0.394 e. The third-order valence-corrected chi connectivity index (χ3v) is 2.06. The van der Waals surface area contributed by atoms with Crippen molar-refractivity contribution in [2.45, 2.75) is 45.6 Å². The minimum Gasteiger partial charge on any atom is -0.394 e. The molecule has 0 aliphatic rings. The van der Waals surface area contributed by atoms with Crippen LogP contribution >= 0.6 is 0 Å². The topological polar surface area (TPSA) is 38.7 Å². The number of unbranched alkanes of at least 4 members (excludes halogenated alkanes) is 3. The lowest BCUT2D eigenvalue weighted by atomic mass is 10.2. The van der Waals surface area contributed by atoms with Crippen LogP contribution in [-0.4, -0.2) is 37.6 Å². The highest BCUT2D eigenvalue weighted by atomic mass is 16.5. The molecule has 0 saturated heterocycles. The van der Waals surface area contributed by atoms with Crippen LogP contribution in [0.3, 0.4) is 0 Å². The zero-order valence-electron chi connectivity index (χ0n) is 9.50. The Morgan fingerprint density at radius 3 is 2.50 bits per heavy atom. The molecule has 0 aromatic heterocycles. The van der Waals surface area contributed by atoms with E-state index in [1.165, 1.54) is 19.3 Å². The Balaban J connectivity index is 3.24. The first-order valence-corrected chi connectivity index (χ1v) is 5.65. The van der Waals surface area contributed by atoms with Gasteiger partial charge in [-0.3, -0.25) is 0 Å². The summed E-state index contributed by atoms with van der Waals surface area (Å²) in [5.74, 6) is 0. The summed E-state index contributed by atoms with van der Waals surface area (Å²) in [6.45, 7) is 6.09. The molecule has 0 aromatic rings. The van der Waals surface area contributed by atoms with Gasteiger partial charge in [0.05, 0.1) is 13.2 Å². The van der Waals surface area contributed by atoms with Gasteiger partial charge in [0, 0.05) is 13.2 Å². The SMILES string of the molecule is CCCCCCOC(CO)COCC. The van der Waals surface area contributed by atoms with Crippen molar-refractivity contribution in [2.75, 3.05) is 26.4 Å². The number of aliphatic hydroxyl groups is 1. The Labute approximate surface area is 87.4 Å². The lowest BCUT2D eigenvalue weighted by molar-refractivity contribution is -0.0409. The molecule has 3 heteroatoms. The number of hydrogen-bond donors (Lipinski definition) is 1. The zero-order valence-corrected chi connectivity index (χ0v) is 9.50. The molecule has 14 heavy (non-hydrogen) atoms. The fraction of sp³-hybridized carbons (Fsp3) is 1.00. The Morgan fingerprint density at radius 1 is 1.14 bits per heavy atom. The second kappa shape index (κ2) is 11.0. The molecule has 0 aliphatic heterocycles. The highest BCUT2D eigenvalue weighted by Crippen LogP contribution is 2.01. The Hall–Kier alpha value is -0.120. The van der Waals surface area contributed by atoms with E-state index in [1.54, 1.807) is 0 Å². The van der Waals surface area contributed by atoms with Gasteiger partial charge < -0.3 is 14.6 Å². The van der Waals surface area contributed by atoms with Gasteiger partial charge in [0.25, 0.3) is 0 Å². The third-order valence-electron chi connectivity index (χ3n) is 2.06. The highest BCUT2D eigenvalue weighted by Gasteiger charge is 2.06. The van der Waals surface area contributed by atoms with Crippen LogP contribution in [0.15, 0.2) is 0 Å². The summed E-state index contributed by atoms with van der Waals surface area (Å²) in [4.78, 5) is 0. The summed E-state index contributed by atoms with van der Waals surface area (Å²) >= 11 is 0. The van der Waals surface area contributed by atoms with E-state index in [4.69, 9.17) is 14.6 Å². The fourth-order valence-electron chi connectivity index (χ4n) is 1.18. The van der Waals surface area contributed by atoms with Crippen LogP contribution in [0.5, 0.6) is 0 Å². The fourth-order valence-corrected chi connectivity index (χ4v) is 1.18. The molecule has 0 amide bonds. The molecule has 0 heterocycles. The smallest absolute Gasteiger partial charge is 0.104 e. The van der Waals surface area contributed by atoms with Gasteiger partial charge in [-0.2, -0.15) is 0 Å². The Bertz CT molecular complexity index is 107. The monoisotopic (exact) mass is 204 g/mol. The van der Waals surface area contributed by atoms with Crippen molar-refractivity contribution < 1.29 is 14.6 Å². The van der Waals surface area contributed by atoms with Crippen LogP contribution in [0, 0.1) is 0 Å². The van der Waals surface area contributed by atoms with Crippen LogP contribution in [0.4, 0.5) is 0 Å².